The third-order valence-corrected chi connectivity index (χ3v) is 4.53. The van der Waals surface area contributed by atoms with E-state index in [0.29, 0.717) is 13.2 Å². The maximum atomic E-state index is 12.3. The van der Waals surface area contributed by atoms with Crippen molar-refractivity contribution in [2.45, 2.75) is 43.9 Å². The van der Waals surface area contributed by atoms with Crippen LogP contribution in [0.25, 0.3) is 0 Å². The number of hydrogen-bond donors (Lipinski definition) is 1. The summed E-state index contributed by atoms with van der Waals surface area (Å²) in [4.78, 5) is 23.7. The maximum absolute atomic E-state index is 12.3. The molecular weight excluding hydrogens is 286 g/mol. The lowest BCUT2D eigenvalue weighted by Gasteiger charge is -2.52. The third kappa shape index (κ3) is 2.44. The van der Waals surface area contributed by atoms with Gasteiger partial charge in [0.1, 0.15) is 11.3 Å². The molecule has 0 bridgehead atoms. The van der Waals surface area contributed by atoms with Crippen molar-refractivity contribution in [1.82, 2.24) is 15.1 Å². The molecule has 1 saturated heterocycles. The monoisotopic (exact) mass is 307 g/mol. The zero-order chi connectivity index (χ0) is 15.7. The van der Waals surface area contributed by atoms with Crippen molar-refractivity contribution < 1.29 is 14.3 Å². The first-order chi connectivity index (χ1) is 10.6. The van der Waals surface area contributed by atoms with Gasteiger partial charge in [-0.3, -0.25) is 9.59 Å². The smallest absolute Gasteiger partial charge is 0.272 e. The number of hydrogen-bond acceptors (Lipinski definition) is 5. The van der Waals surface area contributed by atoms with Gasteiger partial charge >= 0.3 is 0 Å². The number of aryl methyl sites for hydroxylation is 1. The minimum Gasteiger partial charge on any atom is -0.375 e. The number of carbonyl (C=O) groups excluding carboxylic acids is 1. The van der Waals surface area contributed by atoms with Crippen LogP contribution < -0.4 is 10.9 Å². The van der Waals surface area contributed by atoms with E-state index in [9.17, 15) is 9.59 Å². The molecule has 2 aliphatic rings. The first-order valence-corrected chi connectivity index (χ1v) is 7.67. The van der Waals surface area contributed by atoms with Crippen LogP contribution in [0.5, 0.6) is 0 Å². The topological polar surface area (TPSA) is 82.5 Å². The summed E-state index contributed by atoms with van der Waals surface area (Å²) in [7, 11) is 1.52. The highest BCUT2D eigenvalue weighted by atomic mass is 16.6. The van der Waals surface area contributed by atoms with Crippen LogP contribution in [-0.2, 0) is 16.5 Å². The Labute approximate surface area is 128 Å². The molecule has 2 heterocycles. The number of aromatic nitrogens is 2. The van der Waals surface area contributed by atoms with Crippen molar-refractivity contribution in [3.63, 3.8) is 0 Å². The molecule has 7 heteroatoms. The minimum atomic E-state index is -0.396. The predicted octanol–water partition coefficient (Wildman–Crippen LogP) is 0.237. The maximum Gasteiger partial charge on any atom is 0.272 e. The highest BCUT2D eigenvalue weighted by Crippen LogP contribution is 2.45. The fraction of sp³-hybridized carbons (Fsp3) is 0.667. The molecule has 120 valence electrons. The summed E-state index contributed by atoms with van der Waals surface area (Å²) < 4.78 is 12.8. The van der Waals surface area contributed by atoms with E-state index in [1.807, 2.05) is 6.92 Å². The number of ether oxygens (including phenoxy) is 2. The standard InChI is InChI=1S/C15H21N3O4/c1-3-21-12-9-11(15(12)7-4-8-22-15)16-14(20)10-5-6-13(19)18(2)17-10/h5-6,11-12H,3-4,7-9H2,1-2H3,(H,16,20)/t11-,12-,15+/m1/s1. The summed E-state index contributed by atoms with van der Waals surface area (Å²) in [5.74, 6) is -0.287. The zero-order valence-electron chi connectivity index (χ0n) is 12.9. The summed E-state index contributed by atoms with van der Waals surface area (Å²) in [5, 5.41) is 6.95. The normalized spacial score (nSPS) is 30.3. The molecule has 7 nitrogen and oxygen atoms in total. The van der Waals surface area contributed by atoms with E-state index in [2.05, 4.69) is 10.4 Å². The molecule has 1 spiro atoms. The van der Waals surface area contributed by atoms with E-state index in [4.69, 9.17) is 9.47 Å². The lowest BCUT2D eigenvalue weighted by atomic mass is 9.70. The molecule has 1 aliphatic carbocycles. The number of nitrogens with one attached hydrogen (secondary N) is 1. The van der Waals surface area contributed by atoms with Crippen LogP contribution in [0.2, 0.25) is 0 Å². The number of nitrogens with zero attached hydrogens (tertiary/aromatic N) is 2. The fourth-order valence-corrected chi connectivity index (χ4v) is 3.34. The molecule has 1 aromatic rings. The number of carbonyl (C=O) groups is 1. The van der Waals surface area contributed by atoms with Crippen LogP contribution in [0.15, 0.2) is 16.9 Å². The minimum absolute atomic E-state index is 0.0402. The average Bonchev–Trinajstić information content (AvgIpc) is 3.01. The summed E-state index contributed by atoms with van der Waals surface area (Å²) in [5.41, 5.74) is -0.408. The number of amides is 1. The van der Waals surface area contributed by atoms with Crippen molar-refractivity contribution in [1.29, 1.82) is 0 Å². The van der Waals surface area contributed by atoms with Gasteiger partial charge in [-0.25, -0.2) is 4.68 Å². The van der Waals surface area contributed by atoms with E-state index < -0.39 is 5.60 Å². The third-order valence-electron chi connectivity index (χ3n) is 4.53. The van der Waals surface area contributed by atoms with Crippen LogP contribution >= 0.6 is 0 Å². The summed E-state index contributed by atoms with van der Waals surface area (Å²) >= 11 is 0. The van der Waals surface area contributed by atoms with Gasteiger partial charge in [-0.05, 0) is 32.3 Å². The molecule has 3 atom stereocenters. The van der Waals surface area contributed by atoms with Gasteiger partial charge in [-0.15, -0.1) is 0 Å². The van der Waals surface area contributed by atoms with Crippen LogP contribution in [0.3, 0.4) is 0 Å². The Morgan fingerprint density at radius 3 is 3.05 bits per heavy atom. The van der Waals surface area contributed by atoms with Gasteiger partial charge in [-0.1, -0.05) is 0 Å². The molecular formula is C15H21N3O4. The Kier molecular flexibility index (Phi) is 4.01. The molecule has 2 fully saturated rings. The fourth-order valence-electron chi connectivity index (χ4n) is 3.34. The van der Waals surface area contributed by atoms with Crippen LogP contribution in [-0.4, -0.2) is 46.6 Å². The van der Waals surface area contributed by atoms with E-state index >= 15 is 0 Å². The molecule has 3 rings (SSSR count). The first-order valence-electron chi connectivity index (χ1n) is 7.67. The highest BCUT2D eigenvalue weighted by Gasteiger charge is 2.59. The molecule has 0 aromatic carbocycles. The van der Waals surface area contributed by atoms with Crippen LogP contribution in [0.4, 0.5) is 0 Å². The molecule has 1 aliphatic heterocycles. The van der Waals surface area contributed by atoms with Gasteiger partial charge in [0.05, 0.1) is 12.1 Å². The molecule has 22 heavy (non-hydrogen) atoms. The molecule has 0 radical (unpaired) electrons. The highest BCUT2D eigenvalue weighted by molar-refractivity contribution is 5.92. The van der Waals surface area contributed by atoms with Crippen LogP contribution in [0.1, 0.15) is 36.7 Å². The van der Waals surface area contributed by atoms with Crippen molar-refractivity contribution in [3.8, 4) is 0 Å². The first kappa shape index (κ1) is 15.2. The van der Waals surface area contributed by atoms with Crippen molar-refractivity contribution in [2.24, 2.45) is 7.05 Å². The predicted molar refractivity (Wildman–Crippen MR) is 78.7 cm³/mol. The Bertz CT molecular complexity index is 621. The van der Waals surface area contributed by atoms with Gasteiger partial charge in [0.25, 0.3) is 11.5 Å². The molecule has 1 saturated carbocycles. The molecule has 1 aromatic heterocycles. The molecule has 1 amide bonds. The van der Waals surface area contributed by atoms with Gasteiger partial charge in [0.15, 0.2) is 0 Å². The van der Waals surface area contributed by atoms with E-state index in [1.165, 1.54) is 19.2 Å². The van der Waals surface area contributed by atoms with Gasteiger partial charge in [0, 0.05) is 26.3 Å². The van der Waals surface area contributed by atoms with Gasteiger partial charge in [0.2, 0.25) is 0 Å². The van der Waals surface area contributed by atoms with E-state index in [1.54, 1.807) is 0 Å². The van der Waals surface area contributed by atoms with Crippen molar-refractivity contribution >= 4 is 5.91 Å². The summed E-state index contributed by atoms with van der Waals surface area (Å²) in [6.07, 6.45) is 2.65. The largest absolute Gasteiger partial charge is 0.375 e. The SMILES string of the molecule is CCO[C@@H]1C[C@@H](NC(=O)c2ccc(=O)n(C)n2)[C@@]12CCCO2. The van der Waals surface area contributed by atoms with E-state index in [0.717, 1.165) is 23.9 Å². The lowest BCUT2D eigenvalue weighted by Crippen LogP contribution is -2.69. The second-order valence-electron chi connectivity index (χ2n) is 5.79. The van der Waals surface area contributed by atoms with Crippen molar-refractivity contribution in [3.05, 3.63) is 28.2 Å². The average molecular weight is 307 g/mol. The van der Waals surface area contributed by atoms with Crippen LogP contribution in [0, 0.1) is 0 Å². The Balaban J connectivity index is 1.71. The summed E-state index contributed by atoms with van der Waals surface area (Å²) in [6, 6.07) is 2.71. The van der Waals surface area contributed by atoms with Gasteiger partial charge in [-0.2, -0.15) is 5.10 Å². The molecule has 1 N–H and O–H groups in total. The molecule has 0 unspecified atom stereocenters. The quantitative estimate of drug-likeness (QED) is 0.861. The second kappa shape index (κ2) is 5.81. The second-order valence-corrected chi connectivity index (χ2v) is 5.79. The Hall–Kier alpha value is -1.73. The van der Waals surface area contributed by atoms with E-state index in [-0.39, 0.29) is 29.3 Å². The van der Waals surface area contributed by atoms with Crippen molar-refractivity contribution in [2.75, 3.05) is 13.2 Å². The van der Waals surface area contributed by atoms with Gasteiger partial charge < -0.3 is 14.8 Å². The Morgan fingerprint density at radius 2 is 2.41 bits per heavy atom. The Morgan fingerprint density at radius 1 is 1.59 bits per heavy atom. The zero-order valence-corrected chi connectivity index (χ0v) is 12.9. The lowest BCUT2D eigenvalue weighted by molar-refractivity contribution is -0.194. The number of rotatable bonds is 4. The summed E-state index contributed by atoms with van der Waals surface area (Å²) in [6.45, 7) is 3.30.